The molecule has 3 rings (SSSR count). The third-order valence-corrected chi connectivity index (χ3v) is 3.85. The van der Waals surface area contributed by atoms with Crippen LogP contribution in [0.3, 0.4) is 0 Å². The van der Waals surface area contributed by atoms with Crippen molar-refractivity contribution in [3.8, 4) is 11.5 Å². The lowest BCUT2D eigenvalue weighted by atomic mass is 10.0. The standard InChI is InChI=1S/C19H22N2O3/c1-12(2)7-13-3-5-14(6-4-13)8-19(22)21-16-10-18-17(9-15(16)20)23-11-24-18/h3-6,9-10,12H,7-8,11,20H2,1-2H3,(H,21,22). The molecule has 1 aliphatic heterocycles. The number of carbonyl (C=O) groups is 1. The second-order valence-electron chi connectivity index (χ2n) is 6.43. The number of hydrogen-bond donors (Lipinski definition) is 2. The van der Waals surface area contributed by atoms with Gasteiger partial charge in [-0.1, -0.05) is 38.1 Å². The van der Waals surface area contributed by atoms with Crippen LogP contribution in [0.15, 0.2) is 36.4 Å². The molecule has 1 amide bonds. The van der Waals surface area contributed by atoms with Crippen LogP contribution < -0.4 is 20.5 Å². The van der Waals surface area contributed by atoms with E-state index in [1.807, 2.05) is 12.1 Å². The summed E-state index contributed by atoms with van der Waals surface area (Å²) in [6.07, 6.45) is 1.34. The van der Waals surface area contributed by atoms with Gasteiger partial charge >= 0.3 is 0 Å². The van der Waals surface area contributed by atoms with Crippen molar-refractivity contribution >= 4 is 17.3 Å². The molecule has 5 nitrogen and oxygen atoms in total. The Kier molecular flexibility index (Phi) is 4.60. The fourth-order valence-corrected chi connectivity index (χ4v) is 2.71. The van der Waals surface area contributed by atoms with Crippen LogP contribution in [0.25, 0.3) is 0 Å². The molecular formula is C19H22N2O3. The lowest BCUT2D eigenvalue weighted by Gasteiger charge is -2.10. The second kappa shape index (κ2) is 6.83. The Morgan fingerprint density at radius 2 is 1.75 bits per heavy atom. The molecule has 0 aromatic heterocycles. The van der Waals surface area contributed by atoms with Crippen LogP contribution in [0, 0.1) is 5.92 Å². The molecule has 24 heavy (non-hydrogen) atoms. The predicted molar refractivity (Wildman–Crippen MR) is 94.3 cm³/mol. The first-order valence-corrected chi connectivity index (χ1v) is 8.08. The fourth-order valence-electron chi connectivity index (χ4n) is 2.71. The molecule has 0 saturated heterocycles. The number of nitrogens with two attached hydrogens (primary N) is 1. The Bertz CT molecular complexity index is 739. The Hall–Kier alpha value is -2.69. The first kappa shape index (κ1) is 16.2. The van der Waals surface area contributed by atoms with Gasteiger partial charge in [0.15, 0.2) is 11.5 Å². The largest absolute Gasteiger partial charge is 0.454 e. The Morgan fingerprint density at radius 3 is 2.42 bits per heavy atom. The van der Waals surface area contributed by atoms with Gasteiger partial charge in [0.05, 0.1) is 17.8 Å². The average Bonchev–Trinajstić information content (AvgIpc) is 2.96. The number of rotatable bonds is 5. The molecule has 5 heteroatoms. The lowest BCUT2D eigenvalue weighted by Crippen LogP contribution is -2.15. The van der Waals surface area contributed by atoms with Gasteiger partial charge < -0.3 is 20.5 Å². The molecule has 2 aromatic rings. The first-order valence-electron chi connectivity index (χ1n) is 8.08. The number of fused-ring (bicyclic) bond motifs is 1. The van der Waals surface area contributed by atoms with E-state index in [2.05, 4.69) is 31.3 Å². The van der Waals surface area contributed by atoms with Gasteiger partial charge in [0.25, 0.3) is 0 Å². The number of ether oxygens (including phenoxy) is 2. The number of carbonyl (C=O) groups excluding carboxylic acids is 1. The molecule has 1 heterocycles. The zero-order valence-corrected chi connectivity index (χ0v) is 14.0. The summed E-state index contributed by atoms with van der Waals surface area (Å²) in [5.74, 6) is 1.70. The van der Waals surface area contributed by atoms with E-state index in [0.717, 1.165) is 12.0 Å². The van der Waals surface area contributed by atoms with Crippen LogP contribution in [-0.4, -0.2) is 12.7 Å². The number of anilines is 2. The quantitative estimate of drug-likeness (QED) is 0.826. The molecule has 0 atom stereocenters. The van der Waals surface area contributed by atoms with E-state index >= 15 is 0 Å². The minimum Gasteiger partial charge on any atom is -0.454 e. The molecule has 1 aliphatic rings. The SMILES string of the molecule is CC(C)Cc1ccc(CC(=O)Nc2cc3c(cc2N)OCO3)cc1. The zero-order chi connectivity index (χ0) is 17.1. The number of benzene rings is 2. The van der Waals surface area contributed by atoms with Gasteiger partial charge in [0.2, 0.25) is 12.7 Å². The molecular weight excluding hydrogens is 304 g/mol. The maximum Gasteiger partial charge on any atom is 0.231 e. The summed E-state index contributed by atoms with van der Waals surface area (Å²) < 4.78 is 10.6. The van der Waals surface area contributed by atoms with E-state index in [1.165, 1.54) is 5.56 Å². The smallest absolute Gasteiger partial charge is 0.231 e. The monoisotopic (exact) mass is 326 g/mol. The van der Waals surface area contributed by atoms with Crippen LogP contribution >= 0.6 is 0 Å². The third kappa shape index (κ3) is 3.79. The van der Waals surface area contributed by atoms with E-state index in [9.17, 15) is 4.79 Å². The number of hydrogen-bond acceptors (Lipinski definition) is 4. The second-order valence-corrected chi connectivity index (χ2v) is 6.43. The van der Waals surface area contributed by atoms with Crippen molar-refractivity contribution in [1.82, 2.24) is 0 Å². The van der Waals surface area contributed by atoms with Crippen molar-refractivity contribution in [3.63, 3.8) is 0 Å². The van der Waals surface area contributed by atoms with E-state index in [-0.39, 0.29) is 12.7 Å². The highest BCUT2D eigenvalue weighted by molar-refractivity contribution is 5.95. The summed E-state index contributed by atoms with van der Waals surface area (Å²) in [4.78, 5) is 12.3. The van der Waals surface area contributed by atoms with E-state index in [1.54, 1.807) is 12.1 Å². The van der Waals surface area contributed by atoms with Crippen LogP contribution in [0.1, 0.15) is 25.0 Å². The normalized spacial score (nSPS) is 12.5. The summed E-state index contributed by atoms with van der Waals surface area (Å²) in [5.41, 5.74) is 9.21. The van der Waals surface area contributed by atoms with E-state index in [0.29, 0.717) is 35.2 Å². The molecule has 0 saturated carbocycles. The van der Waals surface area contributed by atoms with Gasteiger partial charge in [0, 0.05) is 12.1 Å². The highest BCUT2D eigenvalue weighted by Gasteiger charge is 2.17. The maximum atomic E-state index is 12.3. The summed E-state index contributed by atoms with van der Waals surface area (Å²) >= 11 is 0. The summed E-state index contributed by atoms with van der Waals surface area (Å²) in [7, 11) is 0. The number of amides is 1. The predicted octanol–water partition coefficient (Wildman–Crippen LogP) is 3.38. The molecule has 0 aliphatic carbocycles. The van der Waals surface area contributed by atoms with Crippen molar-refractivity contribution in [1.29, 1.82) is 0 Å². The van der Waals surface area contributed by atoms with Gasteiger partial charge in [0.1, 0.15) is 0 Å². The lowest BCUT2D eigenvalue weighted by molar-refractivity contribution is -0.115. The van der Waals surface area contributed by atoms with Crippen molar-refractivity contribution in [2.45, 2.75) is 26.7 Å². The van der Waals surface area contributed by atoms with Crippen molar-refractivity contribution in [3.05, 3.63) is 47.5 Å². The summed E-state index contributed by atoms with van der Waals surface area (Å²) in [5, 5.41) is 2.84. The van der Waals surface area contributed by atoms with Crippen LogP contribution in [0.2, 0.25) is 0 Å². The maximum absolute atomic E-state index is 12.3. The molecule has 0 spiro atoms. The van der Waals surface area contributed by atoms with Crippen LogP contribution in [0.5, 0.6) is 11.5 Å². The van der Waals surface area contributed by atoms with Gasteiger partial charge in [-0.2, -0.15) is 0 Å². The first-order chi connectivity index (χ1) is 11.5. The Morgan fingerprint density at radius 1 is 1.12 bits per heavy atom. The van der Waals surface area contributed by atoms with Crippen molar-refractivity contribution in [2.75, 3.05) is 17.8 Å². The summed E-state index contributed by atoms with van der Waals surface area (Å²) in [6, 6.07) is 11.5. The van der Waals surface area contributed by atoms with Gasteiger partial charge in [-0.15, -0.1) is 0 Å². The van der Waals surface area contributed by atoms with Crippen LogP contribution in [0.4, 0.5) is 11.4 Å². The molecule has 0 unspecified atom stereocenters. The third-order valence-electron chi connectivity index (χ3n) is 3.85. The Labute approximate surface area is 141 Å². The molecule has 0 radical (unpaired) electrons. The van der Waals surface area contributed by atoms with E-state index in [4.69, 9.17) is 15.2 Å². The molecule has 2 aromatic carbocycles. The molecule has 3 N–H and O–H groups in total. The van der Waals surface area contributed by atoms with Crippen molar-refractivity contribution < 1.29 is 14.3 Å². The van der Waals surface area contributed by atoms with Gasteiger partial charge in [-0.3, -0.25) is 4.79 Å². The minimum absolute atomic E-state index is 0.114. The fraction of sp³-hybridized carbons (Fsp3) is 0.316. The van der Waals surface area contributed by atoms with Gasteiger partial charge in [-0.25, -0.2) is 0 Å². The topological polar surface area (TPSA) is 73.6 Å². The highest BCUT2D eigenvalue weighted by Crippen LogP contribution is 2.38. The molecule has 126 valence electrons. The van der Waals surface area contributed by atoms with Crippen LogP contribution in [-0.2, 0) is 17.6 Å². The summed E-state index contributed by atoms with van der Waals surface area (Å²) in [6.45, 7) is 4.56. The van der Waals surface area contributed by atoms with Gasteiger partial charge in [-0.05, 0) is 23.5 Å². The van der Waals surface area contributed by atoms with E-state index < -0.39 is 0 Å². The van der Waals surface area contributed by atoms with Crippen molar-refractivity contribution in [2.24, 2.45) is 5.92 Å². The minimum atomic E-state index is -0.114. The number of nitrogen functional groups attached to an aromatic ring is 1. The number of nitrogens with one attached hydrogen (secondary N) is 1. The average molecular weight is 326 g/mol. The highest BCUT2D eigenvalue weighted by atomic mass is 16.7. The molecule has 0 bridgehead atoms. The molecule has 0 fully saturated rings. The zero-order valence-electron chi connectivity index (χ0n) is 14.0. The Balaban J connectivity index is 1.63.